The van der Waals surface area contributed by atoms with Gasteiger partial charge >= 0.3 is 0 Å². The zero-order valence-corrected chi connectivity index (χ0v) is 22.1. The van der Waals surface area contributed by atoms with Crippen molar-refractivity contribution in [1.29, 1.82) is 0 Å². The molecule has 3 aromatic rings. The molecule has 0 spiro atoms. The average Bonchev–Trinajstić information content (AvgIpc) is 3.59. The number of nitrogens with zero attached hydrogens (tertiary/aromatic N) is 3. The fourth-order valence-electron chi connectivity index (χ4n) is 3.94. The molecule has 0 radical (unpaired) electrons. The Kier molecular flexibility index (Phi) is 9.74. The van der Waals surface area contributed by atoms with Crippen LogP contribution < -0.4 is 10.1 Å². The van der Waals surface area contributed by atoms with Gasteiger partial charge in [0.15, 0.2) is 5.76 Å². The van der Waals surface area contributed by atoms with E-state index < -0.39 is 6.10 Å². The molecule has 0 bridgehead atoms. The number of amides is 1. The maximum atomic E-state index is 12.4. The second-order valence-corrected chi connectivity index (χ2v) is 9.74. The largest absolute Gasteiger partial charge is 0.476 e. The van der Waals surface area contributed by atoms with Gasteiger partial charge in [-0.2, -0.15) is 0 Å². The number of rotatable bonds is 8. The number of aromatic nitrogens is 2. The van der Waals surface area contributed by atoms with E-state index in [-0.39, 0.29) is 23.9 Å². The van der Waals surface area contributed by atoms with Crippen molar-refractivity contribution < 1.29 is 24.0 Å². The quantitative estimate of drug-likeness (QED) is 0.437. The number of thiazole rings is 1. The van der Waals surface area contributed by atoms with E-state index in [1.807, 2.05) is 50.4 Å². The lowest BCUT2D eigenvalue weighted by molar-refractivity contribution is -0.125. The van der Waals surface area contributed by atoms with E-state index in [0.717, 1.165) is 23.1 Å². The van der Waals surface area contributed by atoms with Crippen molar-refractivity contribution in [3.8, 4) is 16.3 Å². The van der Waals surface area contributed by atoms with E-state index in [9.17, 15) is 14.7 Å². The summed E-state index contributed by atoms with van der Waals surface area (Å²) < 4.78 is 9.92. The molecule has 1 aromatic carbocycles. The number of aliphatic hydroxyl groups is 1. The molecule has 0 saturated carbocycles. The third kappa shape index (κ3) is 6.99. The van der Waals surface area contributed by atoms with E-state index >= 15 is 0 Å². The predicted molar refractivity (Wildman–Crippen MR) is 138 cm³/mol. The number of carbonyl (C=O) groups excluding carboxylic acids is 2. The van der Waals surface area contributed by atoms with Gasteiger partial charge in [0, 0.05) is 12.6 Å². The summed E-state index contributed by atoms with van der Waals surface area (Å²) in [5, 5.41) is 16.4. The molecule has 1 amide bonds. The molecule has 0 aliphatic carbocycles. The van der Waals surface area contributed by atoms with Gasteiger partial charge in [0.1, 0.15) is 6.29 Å². The summed E-state index contributed by atoms with van der Waals surface area (Å²) in [6.07, 6.45) is 0.887. The zero-order valence-electron chi connectivity index (χ0n) is 21.3. The molecular formula is C26H34N4O5S. The van der Waals surface area contributed by atoms with Gasteiger partial charge in [-0.25, -0.2) is 4.98 Å². The molecular weight excluding hydrogens is 480 g/mol. The normalized spacial score (nSPS) is 19.2. The number of aryl methyl sites for hydroxylation is 1. The van der Waals surface area contributed by atoms with Crippen LogP contribution in [-0.2, 0) is 9.59 Å². The summed E-state index contributed by atoms with van der Waals surface area (Å²) in [4.78, 5) is 30.1. The number of nitrogens with one attached hydrogen (secondary N) is 1. The Labute approximate surface area is 215 Å². The molecule has 1 fully saturated rings. The molecule has 3 heterocycles. The lowest BCUT2D eigenvalue weighted by atomic mass is 10.0. The summed E-state index contributed by atoms with van der Waals surface area (Å²) in [6.45, 7) is 8.68. The number of benzene rings is 1. The first-order valence-corrected chi connectivity index (χ1v) is 12.8. The molecule has 1 aliphatic heterocycles. The minimum atomic E-state index is -0.414. The van der Waals surface area contributed by atoms with Crippen molar-refractivity contribution in [2.45, 2.75) is 58.2 Å². The maximum Gasteiger partial charge on any atom is 0.254 e. The van der Waals surface area contributed by atoms with Gasteiger partial charge in [-0.05, 0) is 57.4 Å². The highest BCUT2D eigenvalue weighted by atomic mass is 32.1. The highest BCUT2D eigenvalue weighted by Crippen LogP contribution is 2.28. The Balaban J connectivity index is 0.000000253. The first-order valence-electron chi connectivity index (χ1n) is 12.0. The Morgan fingerprint density at radius 1 is 1.36 bits per heavy atom. The molecule has 1 saturated heterocycles. The lowest BCUT2D eigenvalue weighted by Crippen LogP contribution is -2.42. The van der Waals surface area contributed by atoms with Gasteiger partial charge in [0.2, 0.25) is 5.91 Å². The first kappa shape index (κ1) is 27.5. The minimum absolute atomic E-state index is 0.0241. The van der Waals surface area contributed by atoms with Gasteiger partial charge in [-0.3, -0.25) is 9.69 Å². The molecule has 4 atom stereocenters. The average molecular weight is 515 g/mol. The van der Waals surface area contributed by atoms with Crippen LogP contribution in [0.2, 0.25) is 0 Å². The summed E-state index contributed by atoms with van der Waals surface area (Å²) in [5.41, 5.74) is 5.11. The van der Waals surface area contributed by atoms with E-state index in [2.05, 4.69) is 27.6 Å². The van der Waals surface area contributed by atoms with E-state index in [1.54, 1.807) is 24.3 Å². The second-order valence-electron chi connectivity index (χ2n) is 8.89. The maximum absolute atomic E-state index is 12.4. The smallest absolute Gasteiger partial charge is 0.254 e. The van der Waals surface area contributed by atoms with Crippen LogP contribution in [0.25, 0.3) is 10.4 Å². The highest BCUT2D eigenvalue weighted by Gasteiger charge is 2.33. The standard InChI is InChI=1S/C18H23N3O2S.C8H11NO3/c1-11(20-18(23)16-8-15(22)9-21(16)3)13-4-6-14(7-5-13)17-12(2)19-10-24-17;1-3-11-8-4-7(12-9-8)6(2)5-10/h4-7,10-11,15-16,22H,8-9H2,1-3H3,(H,20,23);4-6H,3H2,1-2H3. The summed E-state index contributed by atoms with van der Waals surface area (Å²) in [6, 6.07) is 9.55. The van der Waals surface area contributed by atoms with Crippen molar-refractivity contribution in [1.82, 2.24) is 20.4 Å². The zero-order chi connectivity index (χ0) is 26.2. The molecule has 4 unspecified atom stereocenters. The van der Waals surface area contributed by atoms with Crippen molar-refractivity contribution in [3.05, 3.63) is 52.9 Å². The predicted octanol–water partition coefficient (Wildman–Crippen LogP) is 3.74. The van der Waals surface area contributed by atoms with Gasteiger partial charge in [0.05, 0.1) is 46.8 Å². The number of hydrogen-bond acceptors (Lipinski definition) is 9. The van der Waals surface area contributed by atoms with Crippen LogP contribution in [0.1, 0.15) is 56.2 Å². The topological polar surface area (TPSA) is 118 Å². The molecule has 1 aliphatic rings. The number of carbonyl (C=O) groups is 2. The minimum Gasteiger partial charge on any atom is -0.476 e. The molecule has 2 aromatic heterocycles. The van der Waals surface area contributed by atoms with Crippen molar-refractivity contribution in [3.63, 3.8) is 0 Å². The summed E-state index contributed by atoms with van der Waals surface area (Å²) >= 11 is 1.63. The van der Waals surface area contributed by atoms with Crippen LogP contribution in [0.3, 0.4) is 0 Å². The summed E-state index contributed by atoms with van der Waals surface area (Å²) in [5.74, 6) is 0.685. The number of hydrogen-bond donors (Lipinski definition) is 2. The van der Waals surface area contributed by atoms with Gasteiger partial charge in [-0.15, -0.1) is 11.3 Å². The number of aliphatic hydroxyl groups excluding tert-OH is 1. The Morgan fingerprint density at radius 3 is 2.64 bits per heavy atom. The molecule has 2 N–H and O–H groups in total. The number of β-amino-alcohol motifs (C(OH)–C–C–N with tert-alkyl or cyclic N) is 1. The molecule has 9 nitrogen and oxygen atoms in total. The SMILES string of the molecule is CCOc1cc(C(C)C=O)on1.Cc1ncsc1-c1ccc(C(C)NC(=O)C2CC(O)CN2C)cc1. The molecule has 10 heteroatoms. The molecule has 194 valence electrons. The van der Waals surface area contributed by atoms with Gasteiger partial charge in [0.25, 0.3) is 5.88 Å². The Hall–Kier alpha value is -3.08. The van der Waals surface area contributed by atoms with Crippen molar-refractivity contribution in [2.75, 3.05) is 20.2 Å². The number of ether oxygens (including phenoxy) is 1. The molecule has 36 heavy (non-hydrogen) atoms. The Bertz CT molecular complexity index is 1130. The molecule has 4 rings (SSSR count). The number of aldehydes is 1. The van der Waals surface area contributed by atoms with E-state index in [1.165, 1.54) is 4.88 Å². The fraction of sp³-hybridized carbons (Fsp3) is 0.462. The van der Waals surface area contributed by atoms with E-state index in [4.69, 9.17) is 9.26 Å². The van der Waals surface area contributed by atoms with Crippen LogP contribution in [0, 0.1) is 6.92 Å². The highest BCUT2D eigenvalue weighted by molar-refractivity contribution is 7.13. The number of likely N-dealkylation sites (tertiary alicyclic amines) is 1. The fourth-order valence-corrected chi connectivity index (χ4v) is 4.76. The van der Waals surface area contributed by atoms with Gasteiger partial charge < -0.3 is 24.5 Å². The second kappa shape index (κ2) is 12.8. The number of likely N-dealkylation sites (N-methyl/N-ethyl adjacent to an activating group) is 1. The van der Waals surface area contributed by atoms with Crippen LogP contribution in [-0.4, -0.2) is 64.7 Å². The monoisotopic (exact) mass is 514 g/mol. The summed E-state index contributed by atoms with van der Waals surface area (Å²) in [7, 11) is 1.87. The van der Waals surface area contributed by atoms with E-state index in [0.29, 0.717) is 31.2 Å². The third-order valence-electron chi connectivity index (χ3n) is 6.06. The van der Waals surface area contributed by atoms with Crippen LogP contribution in [0.5, 0.6) is 5.88 Å². The van der Waals surface area contributed by atoms with Gasteiger partial charge in [-0.1, -0.05) is 24.3 Å². The van der Waals surface area contributed by atoms with Crippen molar-refractivity contribution in [2.24, 2.45) is 0 Å². The van der Waals surface area contributed by atoms with Crippen LogP contribution in [0.15, 0.2) is 40.4 Å². The van der Waals surface area contributed by atoms with Crippen LogP contribution in [0.4, 0.5) is 0 Å². The third-order valence-corrected chi connectivity index (χ3v) is 7.04. The van der Waals surface area contributed by atoms with Crippen molar-refractivity contribution >= 4 is 23.5 Å². The first-order chi connectivity index (χ1) is 17.2. The Morgan fingerprint density at radius 2 is 2.08 bits per heavy atom. The lowest BCUT2D eigenvalue weighted by Gasteiger charge is -2.21. The van der Waals surface area contributed by atoms with Crippen LogP contribution >= 0.6 is 11.3 Å².